The molecule has 5 nitrogen and oxygen atoms in total. The number of hydrogen-bond donors (Lipinski definition) is 0. The highest BCUT2D eigenvalue weighted by Crippen LogP contribution is 2.42. The van der Waals surface area contributed by atoms with E-state index in [0.29, 0.717) is 17.5 Å². The van der Waals surface area contributed by atoms with E-state index in [4.69, 9.17) is 15.0 Å². The molecule has 0 atom stereocenters. The number of rotatable bonds is 9. The summed E-state index contributed by atoms with van der Waals surface area (Å²) in [5.74, 6) is 2.11. The summed E-state index contributed by atoms with van der Waals surface area (Å²) in [5, 5.41) is 0. The summed E-state index contributed by atoms with van der Waals surface area (Å²) >= 11 is 0. The number of aromatic nitrogens is 4. The van der Waals surface area contributed by atoms with Crippen LogP contribution in [-0.4, -0.2) is 19.9 Å². The summed E-state index contributed by atoms with van der Waals surface area (Å²) in [6.45, 7) is 13.4. The Morgan fingerprint density at radius 3 is 1.59 bits per heavy atom. The van der Waals surface area contributed by atoms with E-state index >= 15 is 0 Å². The van der Waals surface area contributed by atoms with Crippen molar-refractivity contribution in [3.8, 4) is 33.8 Å². The highest BCUT2D eigenvalue weighted by atomic mass is 15.3. The molecule has 0 saturated carbocycles. The number of benzene rings is 6. The summed E-state index contributed by atoms with van der Waals surface area (Å²) < 4.78 is 0. The van der Waals surface area contributed by atoms with E-state index in [1.807, 2.05) is 30.3 Å². The Labute approximate surface area is 330 Å². The largest absolute Gasteiger partial charge is 0.279 e. The van der Waals surface area contributed by atoms with Crippen molar-refractivity contribution in [3.63, 3.8) is 0 Å². The predicted molar refractivity (Wildman–Crippen MR) is 231 cm³/mol. The molecule has 8 rings (SSSR count). The van der Waals surface area contributed by atoms with Crippen LogP contribution in [0.25, 0.3) is 33.8 Å². The lowest BCUT2D eigenvalue weighted by atomic mass is 9.77. The summed E-state index contributed by atoms with van der Waals surface area (Å²) in [6, 6.07) is 51.3. The van der Waals surface area contributed by atoms with Gasteiger partial charge < -0.3 is 0 Å². The molecular formula is C51H45N5. The monoisotopic (exact) mass is 727 g/mol. The molecule has 0 radical (unpaired) electrons. The zero-order valence-electron chi connectivity index (χ0n) is 32.8. The molecule has 2 aromatic heterocycles. The van der Waals surface area contributed by atoms with Crippen molar-refractivity contribution in [2.75, 3.05) is 4.90 Å². The van der Waals surface area contributed by atoms with Crippen molar-refractivity contribution >= 4 is 17.3 Å². The number of nitrogens with zero attached hydrogens (tertiary/aromatic N) is 5. The minimum absolute atomic E-state index is 0.0602. The van der Waals surface area contributed by atoms with E-state index in [1.165, 1.54) is 50.1 Å². The lowest BCUT2D eigenvalue weighted by molar-refractivity contribution is 0.919. The van der Waals surface area contributed by atoms with Gasteiger partial charge in [-0.2, -0.15) is 0 Å². The summed E-state index contributed by atoms with van der Waals surface area (Å²) in [5.41, 5.74) is 17.7. The van der Waals surface area contributed by atoms with Gasteiger partial charge >= 0.3 is 0 Å². The van der Waals surface area contributed by atoms with E-state index < -0.39 is 0 Å². The van der Waals surface area contributed by atoms with Crippen LogP contribution in [0.3, 0.4) is 0 Å². The van der Waals surface area contributed by atoms with E-state index in [2.05, 4.69) is 167 Å². The second-order valence-corrected chi connectivity index (χ2v) is 14.8. The third kappa shape index (κ3) is 7.36. The average molecular weight is 728 g/mol. The highest BCUT2D eigenvalue weighted by molar-refractivity contribution is 5.79. The van der Waals surface area contributed by atoms with Crippen LogP contribution in [0.2, 0.25) is 0 Å². The number of hydrogen-bond acceptors (Lipinski definition) is 5. The molecule has 0 N–H and O–H groups in total. The van der Waals surface area contributed by atoms with Gasteiger partial charge in [0.25, 0.3) is 0 Å². The van der Waals surface area contributed by atoms with Gasteiger partial charge in [-0.25, -0.2) is 19.9 Å². The van der Waals surface area contributed by atoms with Crippen LogP contribution < -0.4 is 4.90 Å². The Morgan fingerprint density at radius 2 is 1.02 bits per heavy atom. The standard InChI is InChI=1S/C51H45N5/c1-33-26-35(3)48(36(4)27-33)50(49-37(5)28-34(2)29-38(49)6)40-20-22-44(23-21-40)56(46-24-25-52-32-53-46)47-31-45(54-51(55-47)41-16-11-8-12-17-41)43-19-13-18-42(30-43)39-14-9-7-10-15-39/h7-32,50H,1-6H3. The van der Waals surface area contributed by atoms with Crippen LogP contribution in [0.4, 0.5) is 17.3 Å². The first-order chi connectivity index (χ1) is 27.2. The smallest absolute Gasteiger partial charge is 0.162 e. The van der Waals surface area contributed by atoms with Crippen molar-refractivity contribution in [3.05, 3.63) is 208 Å². The Bertz CT molecular complexity index is 2530. The molecule has 8 aromatic rings. The average Bonchev–Trinajstić information content (AvgIpc) is 3.21. The molecule has 0 fully saturated rings. The molecule has 6 aromatic carbocycles. The molecule has 0 amide bonds. The molecule has 0 aliphatic heterocycles. The second-order valence-electron chi connectivity index (χ2n) is 14.8. The van der Waals surface area contributed by atoms with Crippen molar-refractivity contribution < 1.29 is 0 Å². The molecule has 0 saturated heterocycles. The normalized spacial score (nSPS) is 11.2. The van der Waals surface area contributed by atoms with Crippen molar-refractivity contribution in [1.82, 2.24) is 19.9 Å². The predicted octanol–water partition coefficient (Wildman–Crippen LogP) is 12.8. The fraction of sp³-hybridized carbons (Fsp3) is 0.137. The van der Waals surface area contributed by atoms with Gasteiger partial charge in [0.05, 0.1) is 5.69 Å². The zero-order valence-corrected chi connectivity index (χ0v) is 32.8. The van der Waals surface area contributed by atoms with Gasteiger partial charge in [-0.05, 0) is 116 Å². The van der Waals surface area contributed by atoms with Crippen molar-refractivity contribution in [2.24, 2.45) is 0 Å². The molecule has 0 spiro atoms. The topological polar surface area (TPSA) is 54.8 Å². The molecule has 0 unspecified atom stereocenters. The quantitative estimate of drug-likeness (QED) is 0.139. The molecule has 0 aliphatic carbocycles. The van der Waals surface area contributed by atoms with E-state index in [1.54, 1.807) is 12.5 Å². The molecule has 5 heteroatoms. The van der Waals surface area contributed by atoms with Crippen LogP contribution in [0.1, 0.15) is 56.0 Å². The Kier molecular flexibility index (Phi) is 10.1. The fourth-order valence-corrected chi connectivity index (χ4v) is 8.29. The van der Waals surface area contributed by atoms with E-state index in [0.717, 1.165) is 33.6 Å². The number of anilines is 3. The maximum Gasteiger partial charge on any atom is 0.162 e. The minimum Gasteiger partial charge on any atom is -0.279 e. The highest BCUT2D eigenvalue weighted by Gasteiger charge is 2.26. The van der Waals surface area contributed by atoms with Gasteiger partial charge in [-0.3, -0.25) is 4.90 Å². The Hall–Kier alpha value is -6.72. The lowest BCUT2D eigenvalue weighted by Gasteiger charge is -2.28. The first kappa shape index (κ1) is 36.3. The Balaban J connectivity index is 1.30. The van der Waals surface area contributed by atoms with Crippen molar-refractivity contribution in [1.29, 1.82) is 0 Å². The van der Waals surface area contributed by atoms with Gasteiger partial charge in [0.1, 0.15) is 18.0 Å². The molecule has 0 aliphatic rings. The van der Waals surface area contributed by atoms with Crippen LogP contribution in [0, 0.1) is 41.5 Å². The summed E-state index contributed by atoms with van der Waals surface area (Å²) in [4.78, 5) is 21.5. The maximum absolute atomic E-state index is 5.23. The molecule has 2 heterocycles. The lowest BCUT2D eigenvalue weighted by Crippen LogP contribution is -2.15. The van der Waals surface area contributed by atoms with Gasteiger partial charge in [0, 0.05) is 35.0 Å². The van der Waals surface area contributed by atoms with Gasteiger partial charge in [-0.1, -0.05) is 126 Å². The molecular weight excluding hydrogens is 683 g/mol. The first-order valence-corrected chi connectivity index (χ1v) is 19.2. The van der Waals surface area contributed by atoms with Crippen LogP contribution in [-0.2, 0) is 0 Å². The van der Waals surface area contributed by atoms with Crippen molar-refractivity contribution in [2.45, 2.75) is 47.5 Å². The minimum atomic E-state index is 0.0602. The van der Waals surface area contributed by atoms with Crippen LogP contribution >= 0.6 is 0 Å². The maximum atomic E-state index is 5.23. The molecule has 274 valence electrons. The summed E-state index contributed by atoms with van der Waals surface area (Å²) in [6.07, 6.45) is 3.36. The van der Waals surface area contributed by atoms with E-state index in [9.17, 15) is 0 Å². The van der Waals surface area contributed by atoms with Gasteiger partial charge in [-0.15, -0.1) is 0 Å². The molecule has 56 heavy (non-hydrogen) atoms. The molecule has 0 bridgehead atoms. The fourth-order valence-electron chi connectivity index (χ4n) is 8.29. The van der Waals surface area contributed by atoms with Crippen LogP contribution in [0.15, 0.2) is 158 Å². The number of aryl methyl sites for hydroxylation is 6. The SMILES string of the molecule is Cc1cc(C)c(C(c2ccc(N(c3ccncn3)c3cc(-c4cccc(-c5ccccc5)c4)nc(-c4ccccc4)n3)cc2)c2c(C)cc(C)cc2C)c(C)c1. The van der Waals surface area contributed by atoms with Gasteiger partial charge in [0.15, 0.2) is 5.82 Å². The summed E-state index contributed by atoms with van der Waals surface area (Å²) in [7, 11) is 0. The third-order valence-corrected chi connectivity index (χ3v) is 10.6. The third-order valence-electron chi connectivity index (χ3n) is 10.6. The van der Waals surface area contributed by atoms with Gasteiger partial charge in [0.2, 0.25) is 0 Å². The second kappa shape index (κ2) is 15.6. The van der Waals surface area contributed by atoms with Crippen LogP contribution in [0.5, 0.6) is 0 Å². The zero-order chi connectivity index (χ0) is 38.8. The van der Waals surface area contributed by atoms with E-state index in [-0.39, 0.29) is 5.92 Å². The first-order valence-electron chi connectivity index (χ1n) is 19.2. The Morgan fingerprint density at radius 1 is 0.464 bits per heavy atom.